The van der Waals surface area contributed by atoms with Crippen LogP contribution < -0.4 is 4.74 Å². The van der Waals surface area contributed by atoms with Crippen molar-refractivity contribution >= 4 is 15.9 Å². The van der Waals surface area contributed by atoms with Crippen molar-refractivity contribution < 1.29 is 4.74 Å². The predicted octanol–water partition coefficient (Wildman–Crippen LogP) is 5.15. The molecule has 0 bridgehead atoms. The van der Waals surface area contributed by atoms with Crippen LogP contribution in [0.1, 0.15) is 30.9 Å². The number of ether oxygens (including phenoxy) is 1. The fraction of sp³-hybridized carbons (Fsp3) is 0.250. The van der Waals surface area contributed by atoms with Gasteiger partial charge in [-0.3, -0.25) is 0 Å². The van der Waals surface area contributed by atoms with E-state index in [2.05, 4.69) is 54.0 Å². The summed E-state index contributed by atoms with van der Waals surface area (Å²) in [6.45, 7) is 4.99. The quantitative estimate of drug-likeness (QED) is 0.759. The van der Waals surface area contributed by atoms with Crippen molar-refractivity contribution in [3.05, 3.63) is 64.1 Å². The Morgan fingerprint density at radius 1 is 0.944 bits per heavy atom. The van der Waals surface area contributed by atoms with Gasteiger partial charge in [0.1, 0.15) is 12.4 Å². The second-order valence-corrected chi connectivity index (χ2v) is 5.55. The van der Waals surface area contributed by atoms with Crippen molar-refractivity contribution in [2.24, 2.45) is 0 Å². The Hall–Kier alpha value is -1.28. The third-order valence-corrected chi connectivity index (χ3v) is 3.39. The molecule has 0 aromatic heterocycles. The third-order valence-electron chi connectivity index (χ3n) is 2.87. The first kappa shape index (κ1) is 13.2. The van der Waals surface area contributed by atoms with Crippen molar-refractivity contribution in [2.45, 2.75) is 26.4 Å². The van der Waals surface area contributed by atoms with Crippen molar-refractivity contribution in [2.75, 3.05) is 0 Å². The van der Waals surface area contributed by atoms with Gasteiger partial charge < -0.3 is 4.74 Å². The standard InChI is InChI=1S/C16H17BrO/c1-12(2)14-5-9-16(10-6-14)18-11-13-3-7-15(17)8-4-13/h3-10,12H,11H2,1-2H3. The summed E-state index contributed by atoms with van der Waals surface area (Å²) in [5, 5.41) is 0. The Labute approximate surface area is 117 Å². The highest BCUT2D eigenvalue weighted by molar-refractivity contribution is 9.10. The average Bonchev–Trinajstić information content (AvgIpc) is 2.38. The van der Waals surface area contributed by atoms with E-state index in [9.17, 15) is 0 Å². The van der Waals surface area contributed by atoms with E-state index in [1.807, 2.05) is 24.3 Å². The van der Waals surface area contributed by atoms with Crippen molar-refractivity contribution in [3.8, 4) is 5.75 Å². The Morgan fingerprint density at radius 3 is 2.11 bits per heavy atom. The van der Waals surface area contributed by atoms with Crippen LogP contribution in [0, 0.1) is 0 Å². The van der Waals surface area contributed by atoms with Crippen LogP contribution in [0.2, 0.25) is 0 Å². The highest BCUT2D eigenvalue weighted by Gasteiger charge is 2.00. The number of hydrogen-bond acceptors (Lipinski definition) is 1. The zero-order valence-electron chi connectivity index (χ0n) is 10.7. The summed E-state index contributed by atoms with van der Waals surface area (Å²) in [5.41, 5.74) is 2.51. The average molecular weight is 305 g/mol. The van der Waals surface area contributed by atoms with Crippen LogP contribution >= 0.6 is 15.9 Å². The Bertz CT molecular complexity index is 486. The highest BCUT2D eigenvalue weighted by atomic mass is 79.9. The van der Waals surface area contributed by atoms with Gasteiger partial charge in [0.25, 0.3) is 0 Å². The number of benzene rings is 2. The number of halogens is 1. The van der Waals surface area contributed by atoms with Crippen LogP contribution in [-0.2, 0) is 6.61 Å². The lowest BCUT2D eigenvalue weighted by atomic mass is 10.0. The maximum atomic E-state index is 5.75. The van der Waals surface area contributed by atoms with Crippen molar-refractivity contribution in [3.63, 3.8) is 0 Å². The molecule has 0 spiro atoms. The van der Waals surface area contributed by atoms with Gasteiger partial charge in [-0.15, -0.1) is 0 Å². The third kappa shape index (κ3) is 3.61. The lowest BCUT2D eigenvalue weighted by Crippen LogP contribution is -1.95. The fourth-order valence-electron chi connectivity index (χ4n) is 1.70. The van der Waals surface area contributed by atoms with E-state index in [1.54, 1.807) is 0 Å². The second kappa shape index (κ2) is 6.05. The molecule has 94 valence electrons. The lowest BCUT2D eigenvalue weighted by Gasteiger charge is -2.09. The molecule has 0 saturated heterocycles. The molecular formula is C16H17BrO. The second-order valence-electron chi connectivity index (χ2n) is 4.64. The van der Waals surface area contributed by atoms with E-state index in [0.29, 0.717) is 12.5 Å². The van der Waals surface area contributed by atoms with Gasteiger partial charge in [0.2, 0.25) is 0 Å². The molecule has 0 aliphatic heterocycles. The van der Waals surface area contributed by atoms with Gasteiger partial charge in [0.05, 0.1) is 0 Å². The molecule has 0 atom stereocenters. The Kier molecular flexibility index (Phi) is 4.43. The summed E-state index contributed by atoms with van der Waals surface area (Å²) >= 11 is 3.42. The van der Waals surface area contributed by atoms with Gasteiger partial charge in [-0.05, 0) is 41.3 Å². The van der Waals surface area contributed by atoms with Crippen molar-refractivity contribution in [1.82, 2.24) is 0 Å². The summed E-state index contributed by atoms with van der Waals surface area (Å²) in [4.78, 5) is 0. The van der Waals surface area contributed by atoms with Gasteiger partial charge in [-0.25, -0.2) is 0 Å². The zero-order chi connectivity index (χ0) is 13.0. The maximum absolute atomic E-state index is 5.75. The minimum Gasteiger partial charge on any atom is -0.489 e. The minimum atomic E-state index is 0.561. The fourth-order valence-corrected chi connectivity index (χ4v) is 1.96. The van der Waals surface area contributed by atoms with Crippen LogP contribution in [0.25, 0.3) is 0 Å². The Balaban J connectivity index is 1.95. The SMILES string of the molecule is CC(C)c1ccc(OCc2ccc(Br)cc2)cc1. The van der Waals surface area contributed by atoms with Gasteiger partial charge in [-0.2, -0.15) is 0 Å². The van der Waals surface area contributed by atoms with Crippen LogP contribution in [0.5, 0.6) is 5.75 Å². The molecule has 0 aliphatic rings. The molecule has 0 unspecified atom stereocenters. The van der Waals surface area contributed by atoms with E-state index in [4.69, 9.17) is 4.74 Å². The molecule has 18 heavy (non-hydrogen) atoms. The molecule has 2 aromatic rings. The molecule has 2 aromatic carbocycles. The molecule has 0 radical (unpaired) electrons. The zero-order valence-corrected chi connectivity index (χ0v) is 12.3. The molecule has 2 heteroatoms. The molecule has 0 fully saturated rings. The summed E-state index contributed by atoms with van der Waals surface area (Å²) in [5.74, 6) is 1.48. The van der Waals surface area contributed by atoms with Gasteiger partial charge in [0, 0.05) is 4.47 Å². The number of hydrogen-bond donors (Lipinski definition) is 0. The van der Waals surface area contributed by atoms with Crippen LogP contribution in [0.3, 0.4) is 0 Å². The molecule has 0 N–H and O–H groups in total. The maximum Gasteiger partial charge on any atom is 0.119 e. The van der Waals surface area contributed by atoms with E-state index < -0.39 is 0 Å². The monoisotopic (exact) mass is 304 g/mol. The summed E-state index contributed by atoms with van der Waals surface area (Å²) in [6.07, 6.45) is 0. The van der Waals surface area contributed by atoms with Crippen LogP contribution in [-0.4, -0.2) is 0 Å². The molecule has 2 rings (SSSR count). The van der Waals surface area contributed by atoms with Gasteiger partial charge in [0.15, 0.2) is 0 Å². The molecular weight excluding hydrogens is 288 g/mol. The van der Waals surface area contributed by atoms with E-state index in [1.165, 1.54) is 11.1 Å². The molecule has 0 saturated carbocycles. The summed E-state index contributed by atoms with van der Waals surface area (Å²) < 4.78 is 6.84. The van der Waals surface area contributed by atoms with Gasteiger partial charge in [-0.1, -0.05) is 54.0 Å². The smallest absolute Gasteiger partial charge is 0.119 e. The molecule has 0 amide bonds. The first-order valence-corrected chi connectivity index (χ1v) is 6.91. The largest absolute Gasteiger partial charge is 0.489 e. The first-order chi connectivity index (χ1) is 8.65. The number of rotatable bonds is 4. The van der Waals surface area contributed by atoms with Crippen LogP contribution in [0.4, 0.5) is 0 Å². The van der Waals surface area contributed by atoms with E-state index in [-0.39, 0.29) is 0 Å². The van der Waals surface area contributed by atoms with Crippen LogP contribution in [0.15, 0.2) is 53.0 Å². The van der Waals surface area contributed by atoms with Crippen molar-refractivity contribution in [1.29, 1.82) is 0 Å². The van der Waals surface area contributed by atoms with E-state index >= 15 is 0 Å². The summed E-state index contributed by atoms with van der Waals surface area (Å²) in [6, 6.07) is 16.5. The first-order valence-electron chi connectivity index (χ1n) is 6.12. The molecule has 0 heterocycles. The topological polar surface area (TPSA) is 9.23 Å². The van der Waals surface area contributed by atoms with E-state index in [0.717, 1.165) is 10.2 Å². The Morgan fingerprint density at radius 2 is 1.56 bits per heavy atom. The summed E-state index contributed by atoms with van der Waals surface area (Å²) in [7, 11) is 0. The lowest BCUT2D eigenvalue weighted by molar-refractivity contribution is 0.306. The predicted molar refractivity (Wildman–Crippen MR) is 79.0 cm³/mol. The normalized spacial score (nSPS) is 10.7. The molecule has 0 aliphatic carbocycles. The molecule has 1 nitrogen and oxygen atoms in total. The minimum absolute atomic E-state index is 0.561. The highest BCUT2D eigenvalue weighted by Crippen LogP contribution is 2.19. The van der Waals surface area contributed by atoms with Gasteiger partial charge >= 0.3 is 0 Å².